The number of fused-ring (bicyclic) bond motifs is 1. The van der Waals surface area contributed by atoms with Gasteiger partial charge in [0, 0.05) is 8.77 Å². The SMILES string of the molecule is CC.COc1ccccc1.Cc1ccc2nc([C@H]([C@@H](C)c3ccccc3)N3C(=O)CNC3=O)[nH]c2c1.[HH].[HH]. The summed E-state index contributed by atoms with van der Waals surface area (Å²) in [6.45, 7) is 8.05. The van der Waals surface area contributed by atoms with Crippen LogP contribution in [0.4, 0.5) is 4.79 Å². The van der Waals surface area contributed by atoms with Crippen molar-refractivity contribution in [3.05, 3.63) is 95.8 Å². The quantitative estimate of drug-likeness (QED) is 0.313. The summed E-state index contributed by atoms with van der Waals surface area (Å²) in [4.78, 5) is 34.1. The Kier molecular flexibility index (Phi) is 9.22. The van der Waals surface area contributed by atoms with E-state index < -0.39 is 6.04 Å². The third-order valence-electron chi connectivity index (χ3n) is 5.87. The summed E-state index contributed by atoms with van der Waals surface area (Å²) in [6, 6.07) is 24.6. The number of aryl methyl sites for hydroxylation is 1. The number of carbonyl (C=O) groups excluding carboxylic acids is 2. The van der Waals surface area contributed by atoms with Crippen molar-refractivity contribution < 1.29 is 17.2 Å². The minimum absolute atomic E-state index is 0. The van der Waals surface area contributed by atoms with Crippen molar-refractivity contribution in [1.82, 2.24) is 20.2 Å². The molecular weight excluding hydrogens is 452 g/mol. The van der Waals surface area contributed by atoms with Crippen LogP contribution in [0.1, 0.15) is 52.5 Å². The number of amides is 3. The third-order valence-corrected chi connectivity index (χ3v) is 5.87. The lowest BCUT2D eigenvalue weighted by atomic mass is 9.91. The zero-order valence-electron chi connectivity index (χ0n) is 21.5. The molecule has 0 bridgehead atoms. The Bertz CT molecular complexity index is 1270. The fraction of sp³-hybridized carbons (Fsp3) is 0.276. The van der Waals surface area contributed by atoms with Crippen molar-refractivity contribution in [3.8, 4) is 5.75 Å². The summed E-state index contributed by atoms with van der Waals surface area (Å²) in [5.74, 6) is 1.19. The van der Waals surface area contributed by atoms with Gasteiger partial charge in [0.1, 0.15) is 17.6 Å². The van der Waals surface area contributed by atoms with Gasteiger partial charge in [-0.1, -0.05) is 75.4 Å². The molecule has 7 nitrogen and oxygen atoms in total. The van der Waals surface area contributed by atoms with Gasteiger partial charge < -0.3 is 15.0 Å². The first-order chi connectivity index (χ1) is 17.5. The molecule has 1 saturated heterocycles. The number of nitrogens with one attached hydrogen (secondary N) is 2. The predicted octanol–water partition coefficient (Wildman–Crippen LogP) is 6.48. The van der Waals surface area contributed by atoms with Gasteiger partial charge in [-0.05, 0) is 42.3 Å². The molecule has 0 unspecified atom stereocenters. The second-order valence-corrected chi connectivity index (χ2v) is 8.23. The van der Waals surface area contributed by atoms with E-state index >= 15 is 0 Å². The molecule has 0 spiro atoms. The van der Waals surface area contributed by atoms with E-state index in [1.54, 1.807) is 7.11 Å². The Morgan fingerprint density at radius 1 is 0.972 bits per heavy atom. The molecule has 0 aliphatic carbocycles. The van der Waals surface area contributed by atoms with Crippen LogP contribution in [0.25, 0.3) is 11.0 Å². The minimum Gasteiger partial charge on any atom is -0.497 e. The van der Waals surface area contributed by atoms with Crippen LogP contribution in [0, 0.1) is 6.92 Å². The second kappa shape index (κ2) is 12.5. The molecule has 3 amide bonds. The van der Waals surface area contributed by atoms with Crippen LogP contribution < -0.4 is 10.1 Å². The van der Waals surface area contributed by atoms with Crippen LogP contribution in [-0.4, -0.2) is 40.5 Å². The minimum atomic E-state index is -0.500. The van der Waals surface area contributed by atoms with Gasteiger partial charge in [0.05, 0.1) is 24.7 Å². The van der Waals surface area contributed by atoms with Crippen LogP contribution >= 0.6 is 0 Å². The van der Waals surface area contributed by atoms with E-state index in [1.807, 2.05) is 107 Å². The van der Waals surface area contributed by atoms with Crippen molar-refractivity contribution >= 4 is 23.0 Å². The van der Waals surface area contributed by atoms with Gasteiger partial charge in [-0.15, -0.1) is 0 Å². The van der Waals surface area contributed by atoms with Gasteiger partial charge in [0.25, 0.3) is 5.91 Å². The molecule has 5 rings (SSSR count). The molecule has 1 aliphatic rings. The number of aromatic nitrogens is 2. The molecular formula is C29H38N4O3. The van der Waals surface area contributed by atoms with Gasteiger partial charge >= 0.3 is 6.03 Å². The summed E-state index contributed by atoms with van der Waals surface area (Å²) in [7, 11) is 1.66. The van der Waals surface area contributed by atoms with Crippen molar-refractivity contribution in [3.63, 3.8) is 0 Å². The fourth-order valence-electron chi connectivity index (χ4n) is 4.08. The van der Waals surface area contributed by atoms with E-state index in [4.69, 9.17) is 4.74 Å². The number of hydrogen-bond acceptors (Lipinski definition) is 4. The number of ether oxygens (including phenoxy) is 1. The second-order valence-electron chi connectivity index (χ2n) is 8.23. The number of rotatable bonds is 5. The van der Waals surface area contributed by atoms with E-state index in [2.05, 4.69) is 15.3 Å². The topological polar surface area (TPSA) is 87.3 Å². The standard InChI is InChI=1S/C20H20N4O2.C7H8O.C2H6.2H2/c1-12-8-9-15-16(10-12)23-19(22-15)18(24-17(25)11-21-20(24)26)13(2)14-6-4-3-5-7-14;1-8-7-5-3-2-4-6-7;1-2;;/h3-10,13,18H,11H2,1-2H3,(H,21,26)(H,22,23);2-6H,1H3;1-2H3;2*1H/t13-,18-;;;;/m0..../s1. The molecule has 7 heteroatoms. The summed E-state index contributed by atoms with van der Waals surface area (Å²) < 4.78 is 4.91. The van der Waals surface area contributed by atoms with Crippen molar-refractivity contribution in [2.75, 3.05) is 13.7 Å². The van der Waals surface area contributed by atoms with Gasteiger partial charge in [0.15, 0.2) is 0 Å². The average Bonchev–Trinajstić information content (AvgIpc) is 3.49. The number of imidazole rings is 1. The molecule has 1 aliphatic heterocycles. The van der Waals surface area contributed by atoms with Crippen LogP contribution in [0.2, 0.25) is 0 Å². The largest absolute Gasteiger partial charge is 0.497 e. The molecule has 0 saturated carbocycles. The zero-order chi connectivity index (χ0) is 26.1. The Labute approximate surface area is 215 Å². The smallest absolute Gasteiger partial charge is 0.325 e. The zero-order valence-corrected chi connectivity index (χ0v) is 21.5. The number of methoxy groups -OCH3 is 1. The lowest BCUT2D eigenvalue weighted by Crippen LogP contribution is -2.38. The van der Waals surface area contributed by atoms with E-state index in [0.717, 1.165) is 27.9 Å². The Morgan fingerprint density at radius 2 is 1.61 bits per heavy atom. The van der Waals surface area contributed by atoms with Gasteiger partial charge in [-0.2, -0.15) is 0 Å². The van der Waals surface area contributed by atoms with Gasteiger partial charge in [0.2, 0.25) is 0 Å². The first-order valence-corrected chi connectivity index (χ1v) is 12.2. The maximum atomic E-state index is 12.4. The fourth-order valence-corrected chi connectivity index (χ4v) is 4.08. The Hall–Kier alpha value is -4.13. The maximum Gasteiger partial charge on any atom is 0.325 e. The Morgan fingerprint density at radius 3 is 2.17 bits per heavy atom. The van der Waals surface area contributed by atoms with Crippen LogP contribution in [0.3, 0.4) is 0 Å². The lowest BCUT2D eigenvalue weighted by Gasteiger charge is -2.29. The number of nitrogens with zero attached hydrogens (tertiary/aromatic N) is 2. The summed E-state index contributed by atoms with van der Waals surface area (Å²) in [5, 5.41) is 2.61. The first kappa shape index (κ1) is 26.5. The number of aromatic amines is 1. The molecule has 2 atom stereocenters. The molecule has 4 aromatic rings. The number of H-pyrrole nitrogens is 1. The van der Waals surface area contributed by atoms with E-state index in [9.17, 15) is 9.59 Å². The van der Waals surface area contributed by atoms with Crippen LogP contribution in [0.15, 0.2) is 78.9 Å². The highest BCUT2D eigenvalue weighted by Crippen LogP contribution is 2.36. The molecule has 1 aromatic heterocycles. The number of hydrogen-bond donors (Lipinski definition) is 2. The molecule has 36 heavy (non-hydrogen) atoms. The molecule has 192 valence electrons. The average molecular weight is 491 g/mol. The first-order valence-electron chi connectivity index (χ1n) is 12.2. The summed E-state index contributed by atoms with van der Waals surface area (Å²) in [5.41, 5.74) is 3.89. The monoisotopic (exact) mass is 490 g/mol. The highest BCUT2D eigenvalue weighted by molar-refractivity contribution is 6.02. The van der Waals surface area contributed by atoms with E-state index in [1.165, 1.54) is 4.90 Å². The number of para-hydroxylation sites is 1. The lowest BCUT2D eigenvalue weighted by molar-refractivity contribution is -0.127. The van der Waals surface area contributed by atoms with Crippen molar-refractivity contribution in [1.29, 1.82) is 0 Å². The number of benzene rings is 3. The van der Waals surface area contributed by atoms with Crippen molar-refractivity contribution in [2.45, 2.75) is 39.7 Å². The molecule has 0 radical (unpaired) electrons. The maximum absolute atomic E-state index is 12.4. The van der Waals surface area contributed by atoms with Crippen molar-refractivity contribution in [2.24, 2.45) is 0 Å². The summed E-state index contributed by atoms with van der Waals surface area (Å²) >= 11 is 0. The number of imide groups is 1. The molecule has 2 heterocycles. The van der Waals surface area contributed by atoms with E-state index in [-0.39, 0.29) is 27.3 Å². The molecule has 3 aromatic carbocycles. The van der Waals surface area contributed by atoms with E-state index in [0.29, 0.717) is 5.82 Å². The van der Waals surface area contributed by atoms with Gasteiger partial charge in [-0.25, -0.2) is 9.78 Å². The highest BCUT2D eigenvalue weighted by atomic mass is 16.5. The van der Waals surface area contributed by atoms with Crippen LogP contribution in [0.5, 0.6) is 5.75 Å². The number of urea groups is 1. The molecule has 1 fully saturated rings. The normalized spacial score (nSPS) is 14.2. The van der Waals surface area contributed by atoms with Gasteiger partial charge in [-0.3, -0.25) is 9.69 Å². The van der Waals surface area contributed by atoms with Crippen LogP contribution in [-0.2, 0) is 4.79 Å². The summed E-state index contributed by atoms with van der Waals surface area (Å²) in [6.07, 6.45) is 0. The molecule has 2 N–H and O–H groups in total. The third kappa shape index (κ3) is 6.10. The Balaban J connectivity index is 0.000000515. The highest BCUT2D eigenvalue weighted by Gasteiger charge is 2.40. The number of carbonyl (C=O) groups is 2. The predicted molar refractivity (Wildman–Crippen MR) is 147 cm³/mol.